The molecular formula is C17H17ClN2O2. The number of benzene rings is 2. The molecule has 1 saturated heterocycles. The average molecular weight is 317 g/mol. The Labute approximate surface area is 134 Å². The highest BCUT2D eigenvalue weighted by Crippen LogP contribution is 2.18. The summed E-state index contributed by atoms with van der Waals surface area (Å²) in [7, 11) is 0. The van der Waals surface area contributed by atoms with E-state index in [1.807, 2.05) is 24.3 Å². The third kappa shape index (κ3) is 3.59. The normalized spacial score (nSPS) is 14.7. The summed E-state index contributed by atoms with van der Waals surface area (Å²) >= 11 is 5.83. The van der Waals surface area contributed by atoms with Gasteiger partial charge in [0.2, 0.25) is 0 Å². The summed E-state index contributed by atoms with van der Waals surface area (Å²) in [5, 5.41) is 3.50. The SMILES string of the molecule is O=C(Nc1ccc(Cl)cc1)c1ccc(N2CCOCC2)cc1. The maximum absolute atomic E-state index is 12.2. The van der Waals surface area contributed by atoms with Crippen LogP contribution in [0.2, 0.25) is 5.02 Å². The van der Waals surface area contributed by atoms with Crippen LogP contribution in [-0.4, -0.2) is 32.2 Å². The zero-order chi connectivity index (χ0) is 15.4. The van der Waals surface area contributed by atoms with Gasteiger partial charge in [-0.3, -0.25) is 4.79 Å². The van der Waals surface area contributed by atoms with Crippen molar-refractivity contribution in [2.24, 2.45) is 0 Å². The summed E-state index contributed by atoms with van der Waals surface area (Å²) < 4.78 is 5.34. The molecule has 114 valence electrons. The van der Waals surface area contributed by atoms with Gasteiger partial charge in [-0.15, -0.1) is 0 Å². The molecule has 0 aliphatic carbocycles. The summed E-state index contributed by atoms with van der Waals surface area (Å²) in [6.45, 7) is 3.27. The van der Waals surface area contributed by atoms with Crippen LogP contribution in [-0.2, 0) is 4.74 Å². The zero-order valence-corrected chi connectivity index (χ0v) is 12.8. The zero-order valence-electron chi connectivity index (χ0n) is 12.1. The van der Waals surface area contributed by atoms with Crippen LogP contribution >= 0.6 is 11.6 Å². The predicted molar refractivity (Wildman–Crippen MR) is 88.9 cm³/mol. The summed E-state index contributed by atoms with van der Waals surface area (Å²) in [6, 6.07) is 14.7. The van der Waals surface area contributed by atoms with Gasteiger partial charge in [0.25, 0.3) is 5.91 Å². The van der Waals surface area contributed by atoms with Crippen molar-refractivity contribution in [1.82, 2.24) is 0 Å². The minimum Gasteiger partial charge on any atom is -0.378 e. The summed E-state index contributed by atoms with van der Waals surface area (Å²) in [4.78, 5) is 14.5. The number of anilines is 2. The van der Waals surface area contributed by atoms with Crippen molar-refractivity contribution in [3.63, 3.8) is 0 Å². The van der Waals surface area contributed by atoms with Crippen molar-refractivity contribution >= 4 is 28.9 Å². The van der Waals surface area contributed by atoms with Gasteiger partial charge < -0.3 is 15.0 Å². The third-order valence-electron chi connectivity index (χ3n) is 3.61. The van der Waals surface area contributed by atoms with Crippen LogP contribution in [0, 0.1) is 0 Å². The Hall–Kier alpha value is -2.04. The standard InChI is InChI=1S/C17H17ClN2O2/c18-14-3-5-15(6-4-14)19-17(21)13-1-7-16(8-2-13)20-9-11-22-12-10-20/h1-8H,9-12H2,(H,19,21). The molecule has 0 radical (unpaired) electrons. The number of halogens is 1. The van der Waals surface area contributed by atoms with Crippen molar-refractivity contribution in [1.29, 1.82) is 0 Å². The third-order valence-corrected chi connectivity index (χ3v) is 3.86. The van der Waals surface area contributed by atoms with Gasteiger partial charge in [0.05, 0.1) is 13.2 Å². The van der Waals surface area contributed by atoms with E-state index >= 15 is 0 Å². The van der Waals surface area contributed by atoms with E-state index < -0.39 is 0 Å². The largest absolute Gasteiger partial charge is 0.378 e. The fourth-order valence-electron chi connectivity index (χ4n) is 2.38. The van der Waals surface area contributed by atoms with Crippen molar-refractivity contribution in [2.75, 3.05) is 36.5 Å². The number of amides is 1. The van der Waals surface area contributed by atoms with Crippen molar-refractivity contribution in [3.05, 3.63) is 59.1 Å². The molecule has 0 saturated carbocycles. The monoisotopic (exact) mass is 316 g/mol. The molecule has 4 nitrogen and oxygen atoms in total. The molecule has 1 fully saturated rings. The first kappa shape index (κ1) is 14.9. The lowest BCUT2D eigenvalue weighted by Crippen LogP contribution is -2.36. The van der Waals surface area contributed by atoms with Gasteiger partial charge in [0, 0.05) is 35.1 Å². The smallest absolute Gasteiger partial charge is 0.255 e. The molecule has 5 heteroatoms. The summed E-state index contributed by atoms with van der Waals surface area (Å²) in [5.41, 5.74) is 2.48. The quantitative estimate of drug-likeness (QED) is 0.943. The van der Waals surface area contributed by atoms with Crippen LogP contribution in [0.1, 0.15) is 10.4 Å². The Morgan fingerprint density at radius 1 is 1.00 bits per heavy atom. The second kappa shape index (κ2) is 6.81. The van der Waals surface area contributed by atoms with Gasteiger partial charge in [0.1, 0.15) is 0 Å². The van der Waals surface area contributed by atoms with Crippen molar-refractivity contribution in [2.45, 2.75) is 0 Å². The Bertz CT molecular complexity index is 635. The van der Waals surface area contributed by atoms with Gasteiger partial charge in [-0.05, 0) is 48.5 Å². The lowest BCUT2D eigenvalue weighted by atomic mass is 10.1. The van der Waals surface area contributed by atoms with Gasteiger partial charge in [-0.2, -0.15) is 0 Å². The fourth-order valence-corrected chi connectivity index (χ4v) is 2.51. The van der Waals surface area contributed by atoms with E-state index in [1.165, 1.54) is 0 Å². The number of nitrogens with zero attached hydrogens (tertiary/aromatic N) is 1. The molecule has 1 aliphatic heterocycles. The highest BCUT2D eigenvalue weighted by molar-refractivity contribution is 6.30. The molecule has 0 spiro atoms. The number of hydrogen-bond acceptors (Lipinski definition) is 3. The first-order valence-electron chi connectivity index (χ1n) is 7.22. The lowest BCUT2D eigenvalue weighted by molar-refractivity contribution is 0.102. The molecule has 2 aromatic rings. The lowest BCUT2D eigenvalue weighted by Gasteiger charge is -2.28. The molecule has 1 amide bonds. The van der Waals surface area contributed by atoms with Gasteiger partial charge >= 0.3 is 0 Å². The number of morpholine rings is 1. The number of hydrogen-bond donors (Lipinski definition) is 1. The van der Waals surface area contributed by atoms with E-state index in [2.05, 4.69) is 10.2 Å². The molecule has 2 aromatic carbocycles. The van der Waals surface area contributed by atoms with Gasteiger partial charge in [-0.25, -0.2) is 0 Å². The van der Waals surface area contributed by atoms with E-state index in [9.17, 15) is 4.79 Å². The van der Waals surface area contributed by atoms with E-state index in [-0.39, 0.29) is 5.91 Å². The molecule has 1 aliphatic rings. The first-order chi connectivity index (χ1) is 10.7. The second-order valence-corrected chi connectivity index (χ2v) is 5.54. The van der Waals surface area contributed by atoms with Crippen LogP contribution < -0.4 is 10.2 Å². The van der Waals surface area contributed by atoms with Gasteiger partial charge in [-0.1, -0.05) is 11.6 Å². The number of carbonyl (C=O) groups is 1. The highest BCUT2D eigenvalue weighted by Gasteiger charge is 2.12. The molecule has 3 rings (SSSR count). The Balaban J connectivity index is 1.66. The van der Waals surface area contributed by atoms with E-state index in [0.717, 1.165) is 37.7 Å². The first-order valence-corrected chi connectivity index (χ1v) is 7.60. The Morgan fingerprint density at radius 2 is 1.64 bits per heavy atom. The summed E-state index contributed by atoms with van der Waals surface area (Å²) in [5.74, 6) is -0.129. The molecular weight excluding hydrogens is 300 g/mol. The van der Waals surface area contributed by atoms with Crippen LogP contribution in [0.25, 0.3) is 0 Å². The number of carbonyl (C=O) groups excluding carboxylic acids is 1. The fraction of sp³-hybridized carbons (Fsp3) is 0.235. The minimum absolute atomic E-state index is 0.129. The van der Waals surface area contributed by atoms with E-state index in [4.69, 9.17) is 16.3 Å². The van der Waals surface area contributed by atoms with Crippen LogP contribution in [0.4, 0.5) is 11.4 Å². The van der Waals surface area contributed by atoms with E-state index in [0.29, 0.717) is 10.6 Å². The molecule has 22 heavy (non-hydrogen) atoms. The average Bonchev–Trinajstić information content (AvgIpc) is 2.58. The summed E-state index contributed by atoms with van der Waals surface area (Å²) in [6.07, 6.45) is 0. The van der Waals surface area contributed by atoms with E-state index in [1.54, 1.807) is 24.3 Å². The molecule has 0 bridgehead atoms. The maximum atomic E-state index is 12.2. The van der Waals surface area contributed by atoms with Crippen molar-refractivity contribution < 1.29 is 9.53 Å². The molecule has 1 N–H and O–H groups in total. The molecule has 1 heterocycles. The Morgan fingerprint density at radius 3 is 2.27 bits per heavy atom. The van der Waals surface area contributed by atoms with Crippen molar-refractivity contribution in [3.8, 4) is 0 Å². The van der Waals surface area contributed by atoms with Gasteiger partial charge in [0.15, 0.2) is 0 Å². The topological polar surface area (TPSA) is 41.6 Å². The van der Waals surface area contributed by atoms with Crippen LogP contribution in [0.3, 0.4) is 0 Å². The Kier molecular flexibility index (Phi) is 4.61. The minimum atomic E-state index is -0.129. The van der Waals surface area contributed by atoms with Crippen LogP contribution in [0.5, 0.6) is 0 Å². The number of ether oxygens (including phenoxy) is 1. The molecule has 0 unspecified atom stereocenters. The number of rotatable bonds is 3. The highest BCUT2D eigenvalue weighted by atomic mass is 35.5. The van der Waals surface area contributed by atoms with Crippen LogP contribution in [0.15, 0.2) is 48.5 Å². The number of nitrogens with one attached hydrogen (secondary N) is 1. The molecule has 0 aromatic heterocycles. The predicted octanol–water partition coefficient (Wildman–Crippen LogP) is 3.43. The molecule has 0 atom stereocenters. The maximum Gasteiger partial charge on any atom is 0.255 e. The second-order valence-electron chi connectivity index (χ2n) is 5.11.